The van der Waals surface area contributed by atoms with Gasteiger partial charge in [-0.1, -0.05) is 15.9 Å². The summed E-state index contributed by atoms with van der Waals surface area (Å²) in [5.41, 5.74) is 3.76. The number of hydrazone groups is 1. The molecule has 2 rings (SSSR count). The number of rotatable bonds is 3. The fourth-order valence-electron chi connectivity index (χ4n) is 2.19. The van der Waals surface area contributed by atoms with E-state index in [-0.39, 0.29) is 5.97 Å². The first-order valence-corrected chi connectivity index (χ1v) is 8.01. The van der Waals surface area contributed by atoms with E-state index in [0.717, 1.165) is 36.1 Å². The van der Waals surface area contributed by atoms with E-state index in [0.29, 0.717) is 12.4 Å². The summed E-state index contributed by atoms with van der Waals surface area (Å²) in [6, 6.07) is 7.63. The van der Waals surface area contributed by atoms with E-state index in [1.807, 2.05) is 29.2 Å². The Balaban J connectivity index is 2.11. The number of esters is 1. The number of anilines is 1. The van der Waals surface area contributed by atoms with Crippen LogP contribution in [-0.2, 0) is 9.53 Å². The highest BCUT2D eigenvalue weighted by Crippen LogP contribution is 2.15. The van der Waals surface area contributed by atoms with Crippen molar-refractivity contribution in [3.63, 3.8) is 0 Å². The highest BCUT2D eigenvalue weighted by Gasteiger charge is 2.22. The maximum atomic E-state index is 12.1. The highest BCUT2D eigenvalue weighted by atomic mass is 79.9. The lowest BCUT2D eigenvalue weighted by Gasteiger charge is -2.28. The Morgan fingerprint density at radius 1 is 1.29 bits per heavy atom. The van der Waals surface area contributed by atoms with E-state index in [2.05, 4.69) is 26.5 Å². The molecular formula is C15H20BrN3O2. The van der Waals surface area contributed by atoms with Gasteiger partial charge >= 0.3 is 5.97 Å². The van der Waals surface area contributed by atoms with Crippen LogP contribution < -0.4 is 5.43 Å². The second kappa shape index (κ2) is 8.02. The van der Waals surface area contributed by atoms with Crippen LogP contribution in [0.15, 0.2) is 33.8 Å². The number of halogens is 1. The largest absolute Gasteiger partial charge is 0.460 e. The van der Waals surface area contributed by atoms with Gasteiger partial charge in [0.2, 0.25) is 5.84 Å². The van der Waals surface area contributed by atoms with Crippen molar-refractivity contribution in [1.29, 1.82) is 0 Å². The fraction of sp³-hybridized carbons (Fsp3) is 0.467. The molecule has 1 aromatic carbocycles. The maximum absolute atomic E-state index is 12.1. The van der Waals surface area contributed by atoms with Gasteiger partial charge in [-0.3, -0.25) is 5.43 Å². The van der Waals surface area contributed by atoms with Crippen LogP contribution in [-0.4, -0.2) is 36.4 Å². The molecule has 1 saturated heterocycles. The van der Waals surface area contributed by atoms with Crippen molar-refractivity contribution in [3.05, 3.63) is 28.7 Å². The number of carbonyl (C=O) groups excluding carboxylic acids is 1. The minimum atomic E-state index is -0.371. The molecular weight excluding hydrogens is 334 g/mol. The van der Waals surface area contributed by atoms with Gasteiger partial charge in [0.25, 0.3) is 0 Å². The monoisotopic (exact) mass is 353 g/mol. The molecule has 1 aliphatic rings. The first-order valence-electron chi connectivity index (χ1n) is 7.22. The molecule has 1 heterocycles. The number of nitrogens with one attached hydrogen (secondary N) is 1. The zero-order valence-electron chi connectivity index (χ0n) is 12.1. The number of hydrogen-bond donors (Lipinski definition) is 1. The van der Waals surface area contributed by atoms with Crippen molar-refractivity contribution in [3.8, 4) is 0 Å². The first kappa shape index (κ1) is 15.8. The van der Waals surface area contributed by atoms with Gasteiger partial charge in [-0.2, -0.15) is 0 Å². The van der Waals surface area contributed by atoms with E-state index < -0.39 is 0 Å². The van der Waals surface area contributed by atoms with Crippen LogP contribution >= 0.6 is 15.9 Å². The molecule has 0 unspecified atom stereocenters. The van der Waals surface area contributed by atoms with Crippen LogP contribution in [0.5, 0.6) is 0 Å². The van der Waals surface area contributed by atoms with Crippen molar-refractivity contribution >= 4 is 33.4 Å². The van der Waals surface area contributed by atoms with Crippen molar-refractivity contribution < 1.29 is 9.53 Å². The Labute approximate surface area is 133 Å². The van der Waals surface area contributed by atoms with Crippen LogP contribution in [0.25, 0.3) is 0 Å². The number of nitrogens with zero attached hydrogens (tertiary/aromatic N) is 2. The van der Waals surface area contributed by atoms with E-state index in [1.54, 1.807) is 6.92 Å². The van der Waals surface area contributed by atoms with Crippen molar-refractivity contribution in [2.24, 2.45) is 5.10 Å². The standard InChI is InChI=1S/C15H20BrN3O2/c1-2-21-15(20)14(19-10-4-3-5-11-19)18-17-13-8-6-12(16)7-9-13/h6-9,17H,2-5,10-11H2,1H3/b18-14-. The number of likely N-dealkylation sites (tertiary alicyclic amines) is 1. The number of piperidine rings is 1. The van der Waals surface area contributed by atoms with Crippen LogP contribution in [0.4, 0.5) is 5.69 Å². The summed E-state index contributed by atoms with van der Waals surface area (Å²) in [7, 11) is 0. The summed E-state index contributed by atoms with van der Waals surface area (Å²) in [4.78, 5) is 14.1. The molecule has 0 amide bonds. The lowest BCUT2D eigenvalue weighted by Crippen LogP contribution is -2.41. The maximum Gasteiger partial charge on any atom is 0.375 e. The molecule has 0 aromatic heterocycles. The van der Waals surface area contributed by atoms with Gasteiger partial charge in [0.15, 0.2) is 0 Å². The molecule has 6 heteroatoms. The summed E-state index contributed by atoms with van der Waals surface area (Å²) in [5, 5.41) is 4.27. The molecule has 1 N–H and O–H groups in total. The summed E-state index contributed by atoms with van der Waals surface area (Å²) in [6.07, 6.45) is 3.36. The van der Waals surface area contributed by atoms with Crippen LogP contribution in [0, 0.1) is 0 Å². The quantitative estimate of drug-likeness (QED) is 0.392. The normalized spacial score (nSPS) is 15.7. The molecule has 21 heavy (non-hydrogen) atoms. The van der Waals surface area contributed by atoms with Gasteiger partial charge in [0.1, 0.15) is 0 Å². The van der Waals surface area contributed by atoms with Gasteiger partial charge < -0.3 is 9.64 Å². The fourth-order valence-corrected chi connectivity index (χ4v) is 2.45. The summed E-state index contributed by atoms with van der Waals surface area (Å²) in [5.74, 6) is -0.0107. The van der Waals surface area contributed by atoms with E-state index in [4.69, 9.17) is 4.74 Å². The molecule has 0 atom stereocenters. The Morgan fingerprint density at radius 3 is 2.57 bits per heavy atom. The number of ether oxygens (including phenoxy) is 1. The van der Waals surface area contributed by atoms with E-state index in [9.17, 15) is 4.79 Å². The van der Waals surface area contributed by atoms with Gasteiger partial charge in [-0.25, -0.2) is 4.79 Å². The second-order valence-corrected chi connectivity index (χ2v) is 5.74. The van der Waals surface area contributed by atoms with Crippen molar-refractivity contribution in [2.45, 2.75) is 26.2 Å². The van der Waals surface area contributed by atoms with E-state index in [1.165, 1.54) is 6.42 Å². The third-order valence-electron chi connectivity index (χ3n) is 3.25. The molecule has 114 valence electrons. The number of benzene rings is 1. The topological polar surface area (TPSA) is 53.9 Å². The molecule has 1 aliphatic heterocycles. The zero-order chi connectivity index (χ0) is 15.1. The predicted molar refractivity (Wildman–Crippen MR) is 87.3 cm³/mol. The Morgan fingerprint density at radius 2 is 1.95 bits per heavy atom. The lowest BCUT2D eigenvalue weighted by atomic mass is 10.1. The van der Waals surface area contributed by atoms with Crippen LogP contribution in [0.3, 0.4) is 0 Å². The Bertz CT molecular complexity index is 496. The second-order valence-electron chi connectivity index (χ2n) is 4.82. The SMILES string of the molecule is CCOC(=O)/C(=N/Nc1ccc(Br)cc1)N1CCCCC1. The van der Waals surface area contributed by atoms with Gasteiger partial charge in [0.05, 0.1) is 12.3 Å². The molecule has 0 radical (unpaired) electrons. The molecule has 0 spiro atoms. The molecule has 1 fully saturated rings. The molecule has 0 saturated carbocycles. The van der Waals surface area contributed by atoms with Gasteiger partial charge in [0, 0.05) is 17.6 Å². The third kappa shape index (κ3) is 4.74. The third-order valence-corrected chi connectivity index (χ3v) is 3.78. The highest BCUT2D eigenvalue weighted by molar-refractivity contribution is 9.10. The van der Waals surface area contributed by atoms with Gasteiger partial charge in [-0.15, -0.1) is 5.10 Å². The molecule has 5 nitrogen and oxygen atoms in total. The van der Waals surface area contributed by atoms with Crippen LogP contribution in [0.2, 0.25) is 0 Å². The summed E-state index contributed by atoms with van der Waals surface area (Å²) < 4.78 is 6.10. The van der Waals surface area contributed by atoms with Crippen molar-refractivity contribution in [1.82, 2.24) is 4.90 Å². The molecule has 0 bridgehead atoms. The minimum Gasteiger partial charge on any atom is -0.460 e. The molecule has 1 aromatic rings. The number of hydrogen-bond acceptors (Lipinski definition) is 4. The summed E-state index contributed by atoms with van der Waals surface area (Å²) >= 11 is 3.39. The smallest absolute Gasteiger partial charge is 0.375 e. The predicted octanol–water partition coefficient (Wildman–Crippen LogP) is 3.22. The minimum absolute atomic E-state index is 0.351. The molecule has 0 aliphatic carbocycles. The average molecular weight is 354 g/mol. The number of carbonyl (C=O) groups is 1. The summed E-state index contributed by atoms with van der Waals surface area (Å²) in [6.45, 7) is 3.84. The first-order chi connectivity index (χ1) is 10.2. The zero-order valence-corrected chi connectivity index (χ0v) is 13.7. The van der Waals surface area contributed by atoms with Crippen LogP contribution in [0.1, 0.15) is 26.2 Å². The van der Waals surface area contributed by atoms with Crippen molar-refractivity contribution in [2.75, 3.05) is 25.1 Å². The Kier molecular flexibility index (Phi) is 6.04. The van der Waals surface area contributed by atoms with Gasteiger partial charge in [-0.05, 0) is 50.5 Å². The number of amidine groups is 1. The average Bonchev–Trinajstić information content (AvgIpc) is 2.51. The van der Waals surface area contributed by atoms with E-state index >= 15 is 0 Å². The Hall–Kier alpha value is -1.56. The lowest BCUT2D eigenvalue weighted by molar-refractivity contribution is -0.136.